The van der Waals surface area contributed by atoms with Gasteiger partial charge in [0.05, 0.1) is 0 Å². The first-order chi connectivity index (χ1) is 19.0. The summed E-state index contributed by atoms with van der Waals surface area (Å²) in [5.74, 6) is 7.72. The highest BCUT2D eigenvalue weighted by atomic mass is 32.3. The summed E-state index contributed by atoms with van der Waals surface area (Å²) in [6.45, 7) is 42.5. The fourth-order valence-corrected chi connectivity index (χ4v) is 15.3. The van der Waals surface area contributed by atoms with Crippen molar-refractivity contribution in [1.29, 1.82) is 0 Å². The molecule has 0 saturated carbocycles. The Morgan fingerprint density at radius 2 is 0.667 bits per heavy atom. The molecule has 0 atom stereocenters. The smallest absolute Gasteiger partial charge is 0.0335 e. The van der Waals surface area contributed by atoms with Gasteiger partial charge in [0, 0.05) is 11.1 Å². The molecule has 2 aromatic rings. The van der Waals surface area contributed by atoms with E-state index in [4.69, 9.17) is 0 Å². The van der Waals surface area contributed by atoms with E-state index in [-0.39, 0.29) is 10.8 Å². The van der Waals surface area contributed by atoms with Crippen LogP contribution in [0.1, 0.15) is 147 Å². The van der Waals surface area contributed by atoms with Gasteiger partial charge in [-0.2, -0.15) is 20.1 Å². The summed E-state index contributed by atoms with van der Waals surface area (Å²) in [7, 11) is -2.31. The molecule has 0 aliphatic rings. The lowest BCUT2D eigenvalue weighted by Gasteiger charge is -2.46. The van der Waals surface area contributed by atoms with Gasteiger partial charge in [-0.1, -0.05) is 136 Å². The molecule has 0 aliphatic heterocycles. The monoisotopic (exact) mass is 608 g/mol. The molecule has 0 bridgehead atoms. The van der Waals surface area contributed by atoms with Gasteiger partial charge in [0.15, 0.2) is 0 Å². The van der Waals surface area contributed by atoms with Gasteiger partial charge in [0.25, 0.3) is 0 Å². The van der Waals surface area contributed by atoms with E-state index in [9.17, 15) is 0 Å². The van der Waals surface area contributed by atoms with E-state index in [0.29, 0.717) is 31.5 Å². The molecule has 0 aromatic heterocycles. The van der Waals surface area contributed by atoms with Gasteiger partial charge in [-0.05, 0) is 99.0 Å². The lowest BCUT2D eigenvalue weighted by atomic mass is 9.80. The Balaban J connectivity index is 3.18. The Labute approximate surface area is 265 Å². The average molecular weight is 609 g/mol. The van der Waals surface area contributed by atoms with Crippen molar-refractivity contribution in [3.05, 3.63) is 46.5 Å². The van der Waals surface area contributed by atoms with Crippen molar-refractivity contribution >= 4 is 30.8 Å². The predicted octanol–water partition coefficient (Wildman–Crippen LogP) is 12.1. The minimum absolute atomic E-state index is 0.0128. The minimum Gasteiger partial charge on any atom is -0.170 e. The van der Waals surface area contributed by atoms with Crippen LogP contribution in [0.4, 0.5) is 0 Å². The molecule has 0 radical (unpaired) electrons. The molecular formula is C40H64S2. The van der Waals surface area contributed by atoms with E-state index < -0.39 is 20.1 Å². The van der Waals surface area contributed by atoms with Gasteiger partial charge < -0.3 is 0 Å². The molecule has 2 rings (SSSR count). The molecule has 0 spiro atoms. The Hall–Kier alpha value is -1.48. The largest absolute Gasteiger partial charge is 0.170 e. The summed E-state index contributed by atoms with van der Waals surface area (Å²) in [6.07, 6.45) is 0. The maximum absolute atomic E-state index is 4.00. The Kier molecular flexibility index (Phi) is 11.6. The first kappa shape index (κ1) is 36.7. The topological polar surface area (TPSA) is 0 Å². The zero-order valence-corrected chi connectivity index (χ0v) is 32.2. The predicted molar refractivity (Wildman–Crippen MR) is 201 cm³/mol. The Morgan fingerprint density at radius 1 is 0.429 bits per heavy atom. The molecular weight excluding hydrogens is 545 g/mol. The maximum Gasteiger partial charge on any atom is 0.0335 e. The number of hydrogen-bond donors (Lipinski definition) is 0. The van der Waals surface area contributed by atoms with Gasteiger partial charge in [-0.25, -0.2) is 0 Å². The summed E-state index contributed by atoms with van der Waals surface area (Å²) in [5, 5.41) is 13.8. The average Bonchev–Trinajstić information content (AvgIpc) is 2.81. The van der Waals surface area contributed by atoms with Crippen molar-refractivity contribution in [3.8, 4) is 22.3 Å². The fraction of sp³-hybridized carbons (Fsp3) is 0.650. The van der Waals surface area contributed by atoms with Crippen molar-refractivity contribution < 1.29 is 0 Å². The van der Waals surface area contributed by atoms with E-state index in [2.05, 4.69) is 171 Å². The van der Waals surface area contributed by atoms with E-state index >= 15 is 0 Å². The van der Waals surface area contributed by atoms with E-state index in [1.54, 1.807) is 0 Å². The summed E-state index contributed by atoms with van der Waals surface area (Å²) in [6, 6.07) is 9.61. The van der Waals surface area contributed by atoms with Crippen LogP contribution in [0.2, 0.25) is 0 Å². The fourth-order valence-electron chi connectivity index (χ4n) is 6.79. The van der Waals surface area contributed by atoms with Gasteiger partial charge in [0.1, 0.15) is 0 Å². The zero-order valence-electron chi connectivity index (χ0n) is 30.6. The second kappa shape index (κ2) is 13.3. The molecule has 0 saturated heterocycles. The van der Waals surface area contributed by atoms with E-state index in [0.717, 1.165) is 0 Å². The number of benzene rings is 2. The van der Waals surface area contributed by atoms with Crippen LogP contribution in [0.25, 0.3) is 10.8 Å². The third-order valence-electron chi connectivity index (χ3n) is 9.21. The van der Waals surface area contributed by atoms with Crippen molar-refractivity contribution in [2.75, 3.05) is 0 Å². The molecule has 236 valence electrons. The highest BCUT2D eigenvalue weighted by Crippen LogP contribution is 2.60. The third kappa shape index (κ3) is 7.24. The Morgan fingerprint density at radius 3 is 0.857 bits per heavy atom. The molecule has 0 amide bonds. The Bertz CT molecular complexity index is 1210. The summed E-state index contributed by atoms with van der Waals surface area (Å²) in [4.78, 5) is 0. The molecule has 2 heteroatoms. The summed E-state index contributed by atoms with van der Waals surface area (Å²) >= 11 is 0. The SMILES string of the molecule is CC(C)S(C#Cc1cc(C(C)(C)C)cc2c(C#CS(C(C)C)(C(C)C)C(C)C)cc(C(C)(C)C)cc12)(C(C)C)C(C)C. The first-order valence-corrected chi connectivity index (χ1v) is 20.0. The van der Waals surface area contributed by atoms with E-state index in [1.165, 1.54) is 33.0 Å². The number of fused-ring (bicyclic) bond motifs is 1. The third-order valence-corrected chi connectivity index (χ3v) is 19.5. The van der Waals surface area contributed by atoms with Crippen LogP contribution in [0.5, 0.6) is 0 Å². The van der Waals surface area contributed by atoms with Crippen LogP contribution in [-0.2, 0) is 10.8 Å². The van der Waals surface area contributed by atoms with Crippen molar-refractivity contribution in [2.45, 2.75) is 167 Å². The molecule has 0 heterocycles. The van der Waals surface area contributed by atoms with Gasteiger partial charge in [-0.3, -0.25) is 0 Å². The second-order valence-corrected chi connectivity index (χ2v) is 25.0. The van der Waals surface area contributed by atoms with Crippen LogP contribution in [0, 0.1) is 22.3 Å². The summed E-state index contributed by atoms with van der Waals surface area (Å²) < 4.78 is 0. The van der Waals surface area contributed by atoms with Crippen LogP contribution in [0.3, 0.4) is 0 Å². The molecule has 0 aliphatic carbocycles. The standard InChI is InChI=1S/C40H64S2/c1-27(2)41(28(3)4,29(5)6)21-19-33-23-35(39(13,14)15)26-38-34(24-36(25-37(33)38)40(16,17)18)20-22-42(30(7)8,31(9)10)32(11)12/h23-32H,1-18H3. The van der Waals surface area contributed by atoms with E-state index in [1.807, 2.05) is 0 Å². The van der Waals surface area contributed by atoms with Crippen LogP contribution < -0.4 is 0 Å². The molecule has 0 N–H and O–H groups in total. The van der Waals surface area contributed by atoms with Crippen molar-refractivity contribution in [3.63, 3.8) is 0 Å². The zero-order chi connectivity index (χ0) is 32.6. The van der Waals surface area contributed by atoms with Gasteiger partial charge in [0.2, 0.25) is 0 Å². The van der Waals surface area contributed by atoms with Crippen LogP contribution in [0.15, 0.2) is 24.3 Å². The molecule has 0 fully saturated rings. The normalized spacial score (nSPS) is 14.2. The molecule has 42 heavy (non-hydrogen) atoms. The highest BCUT2D eigenvalue weighted by Gasteiger charge is 2.34. The van der Waals surface area contributed by atoms with Gasteiger partial charge >= 0.3 is 0 Å². The number of rotatable bonds is 6. The first-order valence-electron chi connectivity index (χ1n) is 16.3. The summed E-state index contributed by atoms with van der Waals surface area (Å²) in [5.41, 5.74) is 5.03. The highest BCUT2D eigenvalue weighted by molar-refractivity contribution is 8.39. The van der Waals surface area contributed by atoms with Crippen LogP contribution in [-0.4, -0.2) is 31.5 Å². The molecule has 2 aromatic carbocycles. The van der Waals surface area contributed by atoms with Crippen LogP contribution >= 0.6 is 20.1 Å². The number of hydrogen-bond acceptors (Lipinski definition) is 0. The molecule has 0 nitrogen and oxygen atoms in total. The minimum atomic E-state index is -1.15. The van der Waals surface area contributed by atoms with Crippen molar-refractivity contribution in [1.82, 2.24) is 0 Å². The second-order valence-electron chi connectivity index (χ2n) is 15.9. The van der Waals surface area contributed by atoms with Crippen molar-refractivity contribution in [2.24, 2.45) is 0 Å². The lowest BCUT2D eigenvalue weighted by molar-refractivity contribution is 0.589. The molecule has 0 unspecified atom stereocenters. The van der Waals surface area contributed by atoms with Gasteiger partial charge in [-0.15, -0.1) is 0 Å². The lowest BCUT2D eigenvalue weighted by Crippen LogP contribution is -2.27. The quantitative estimate of drug-likeness (QED) is 0.286. The maximum atomic E-state index is 4.00.